The molecule has 0 bridgehead atoms. The fourth-order valence-electron chi connectivity index (χ4n) is 1.56. The van der Waals surface area contributed by atoms with Gasteiger partial charge in [0.1, 0.15) is 23.7 Å². The second-order valence-electron chi connectivity index (χ2n) is 4.04. The number of aromatic nitrogens is 2. The quantitative estimate of drug-likeness (QED) is 0.834. The number of benzene rings is 1. The number of hydrogen-bond acceptors (Lipinski definition) is 5. The number of hydrogen-bond donors (Lipinski definition) is 2. The maximum absolute atomic E-state index is 5.53. The molecule has 2 aromatic rings. The average molecular weight is 258 g/mol. The molecule has 0 saturated heterocycles. The van der Waals surface area contributed by atoms with Crippen LogP contribution in [0.25, 0.3) is 0 Å². The van der Waals surface area contributed by atoms with Crippen LogP contribution in [-0.2, 0) is 0 Å². The van der Waals surface area contributed by atoms with Crippen LogP contribution in [0.1, 0.15) is 13.3 Å². The Bertz CT molecular complexity index is 513. The van der Waals surface area contributed by atoms with Crippen LogP contribution < -0.4 is 15.4 Å². The van der Waals surface area contributed by atoms with E-state index >= 15 is 0 Å². The van der Waals surface area contributed by atoms with Crippen LogP contribution in [0.4, 0.5) is 17.3 Å². The topological polar surface area (TPSA) is 59.1 Å². The van der Waals surface area contributed by atoms with E-state index in [0.717, 1.165) is 36.1 Å². The molecule has 0 radical (unpaired) electrons. The first kappa shape index (κ1) is 13.1. The van der Waals surface area contributed by atoms with E-state index in [1.165, 1.54) is 6.33 Å². The highest BCUT2D eigenvalue weighted by Crippen LogP contribution is 2.19. The first-order valence-corrected chi connectivity index (χ1v) is 6.31. The summed E-state index contributed by atoms with van der Waals surface area (Å²) in [6.07, 6.45) is 2.53. The smallest absolute Gasteiger partial charge is 0.135 e. The zero-order chi connectivity index (χ0) is 13.5. The largest absolute Gasteiger partial charge is 0.494 e. The summed E-state index contributed by atoms with van der Waals surface area (Å²) in [5, 5.41) is 6.19. The summed E-state index contributed by atoms with van der Waals surface area (Å²) in [7, 11) is 1.83. The molecule has 1 aromatic carbocycles. The first-order chi connectivity index (χ1) is 9.31. The fourth-order valence-corrected chi connectivity index (χ4v) is 1.56. The van der Waals surface area contributed by atoms with Gasteiger partial charge in [0.25, 0.3) is 0 Å². The SMILES string of the molecule is CCCOc1ccc(Nc2cc(NC)ncn2)cc1. The molecule has 2 N–H and O–H groups in total. The average Bonchev–Trinajstić information content (AvgIpc) is 2.47. The van der Waals surface area contributed by atoms with Crippen molar-refractivity contribution in [2.75, 3.05) is 24.3 Å². The van der Waals surface area contributed by atoms with Gasteiger partial charge in [-0.3, -0.25) is 0 Å². The van der Waals surface area contributed by atoms with E-state index in [-0.39, 0.29) is 0 Å². The van der Waals surface area contributed by atoms with Crippen LogP contribution in [0.15, 0.2) is 36.7 Å². The summed E-state index contributed by atoms with van der Waals surface area (Å²) in [4.78, 5) is 8.23. The van der Waals surface area contributed by atoms with E-state index in [0.29, 0.717) is 0 Å². The van der Waals surface area contributed by atoms with Crippen LogP contribution in [0, 0.1) is 0 Å². The van der Waals surface area contributed by atoms with Crippen LogP contribution in [-0.4, -0.2) is 23.6 Å². The molecule has 0 amide bonds. The summed E-state index contributed by atoms with van der Waals surface area (Å²) in [6.45, 7) is 2.83. The lowest BCUT2D eigenvalue weighted by atomic mass is 10.3. The zero-order valence-electron chi connectivity index (χ0n) is 11.2. The van der Waals surface area contributed by atoms with E-state index in [2.05, 4.69) is 27.5 Å². The molecule has 5 heteroatoms. The second kappa shape index (κ2) is 6.58. The van der Waals surface area contributed by atoms with E-state index in [1.54, 1.807) is 0 Å². The third-order valence-electron chi connectivity index (χ3n) is 2.52. The van der Waals surface area contributed by atoms with Crippen molar-refractivity contribution in [1.82, 2.24) is 9.97 Å². The van der Waals surface area contributed by atoms with Gasteiger partial charge in [0.05, 0.1) is 6.61 Å². The molecule has 0 aliphatic carbocycles. The number of anilines is 3. The van der Waals surface area contributed by atoms with Crippen molar-refractivity contribution in [2.45, 2.75) is 13.3 Å². The molecular weight excluding hydrogens is 240 g/mol. The standard InChI is InChI=1S/C14H18N4O/c1-3-8-19-12-6-4-11(5-7-12)18-14-9-13(15-2)16-10-17-14/h4-7,9-10H,3,8H2,1-2H3,(H2,15,16,17,18). The lowest BCUT2D eigenvalue weighted by Crippen LogP contribution is -1.98. The molecule has 1 aromatic heterocycles. The third-order valence-corrected chi connectivity index (χ3v) is 2.52. The minimum Gasteiger partial charge on any atom is -0.494 e. The predicted molar refractivity (Wildman–Crippen MR) is 77.1 cm³/mol. The monoisotopic (exact) mass is 258 g/mol. The molecule has 19 heavy (non-hydrogen) atoms. The molecule has 1 heterocycles. The Hall–Kier alpha value is -2.30. The van der Waals surface area contributed by atoms with Gasteiger partial charge in [-0.2, -0.15) is 0 Å². The number of nitrogens with zero attached hydrogens (tertiary/aromatic N) is 2. The lowest BCUT2D eigenvalue weighted by molar-refractivity contribution is 0.317. The molecule has 2 rings (SSSR count). The van der Waals surface area contributed by atoms with E-state index < -0.39 is 0 Å². The minimum absolute atomic E-state index is 0.740. The van der Waals surface area contributed by atoms with Crippen LogP contribution >= 0.6 is 0 Å². The Morgan fingerprint density at radius 2 is 1.84 bits per heavy atom. The number of ether oxygens (including phenoxy) is 1. The Labute approximate surface area is 113 Å². The number of nitrogens with one attached hydrogen (secondary N) is 2. The normalized spacial score (nSPS) is 10.0. The Morgan fingerprint density at radius 3 is 2.53 bits per heavy atom. The van der Waals surface area contributed by atoms with Gasteiger partial charge in [-0.15, -0.1) is 0 Å². The van der Waals surface area contributed by atoms with Crippen molar-refractivity contribution in [3.8, 4) is 5.75 Å². The predicted octanol–water partition coefficient (Wildman–Crippen LogP) is 3.05. The molecule has 0 fully saturated rings. The van der Waals surface area contributed by atoms with Crippen LogP contribution in [0.3, 0.4) is 0 Å². The maximum atomic E-state index is 5.53. The van der Waals surface area contributed by atoms with Crippen LogP contribution in [0.5, 0.6) is 5.75 Å². The highest BCUT2D eigenvalue weighted by atomic mass is 16.5. The molecular formula is C14H18N4O. The zero-order valence-corrected chi connectivity index (χ0v) is 11.2. The van der Waals surface area contributed by atoms with E-state index in [9.17, 15) is 0 Å². The molecule has 0 saturated carbocycles. The van der Waals surface area contributed by atoms with Gasteiger partial charge in [0.15, 0.2) is 0 Å². The van der Waals surface area contributed by atoms with Gasteiger partial charge in [-0.1, -0.05) is 6.92 Å². The Morgan fingerprint density at radius 1 is 1.11 bits per heavy atom. The van der Waals surface area contributed by atoms with Gasteiger partial charge in [-0.05, 0) is 30.7 Å². The van der Waals surface area contributed by atoms with Gasteiger partial charge < -0.3 is 15.4 Å². The molecule has 0 aliphatic rings. The van der Waals surface area contributed by atoms with Crippen LogP contribution in [0.2, 0.25) is 0 Å². The second-order valence-corrected chi connectivity index (χ2v) is 4.04. The van der Waals surface area contributed by atoms with Crippen molar-refractivity contribution in [2.24, 2.45) is 0 Å². The molecule has 5 nitrogen and oxygen atoms in total. The highest BCUT2D eigenvalue weighted by molar-refractivity contribution is 5.59. The van der Waals surface area contributed by atoms with Crippen molar-refractivity contribution >= 4 is 17.3 Å². The lowest BCUT2D eigenvalue weighted by Gasteiger charge is -2.08. The summed E-state index contributed by atoms with van der Waals surface area (Å²) in [5.74, 6) is 2.41. The maximum Gasteiger partial charge on any atom is 0.135 e. The third kappa shape index (κ3) is 3.84. The Balaban J connectivity index is 2.02. The summed E-state index contributed by atoms with van der Waals surface area (Å²) in [5.41, 5.74) is 0.963. The van der Waals surface area contributed by atoms with Gasteiger partial charge >= 0.3 is 0 Å². The van der Waals surface area contributed by atoms with Crippen molar-refractivity contribution in [3.05, 3.63) is 36.7 Å². The molecule has 0 atom stereocenters. The Kier molecular flexibility index (Phi) is 4.55. The van der Waals surface area contributed by atoms with Crippen molar-refractivity contribution < 1.29 is 4.74 Å². The van der Waals surface area contributed by atoms with E-state index in [4.69, 9.17) is 4.74 Å². The minimum atomic E-state index is 0.740. The van der Waals surface area contributed by atoms with Gasteiger partial charge in [0.2, 0.25) is 0 Å². The molecule has 0 aliphatic heterocycles. The summed E-state index contributed by atoms with van der Waals surface area (Å²) < 4.78 is 5.53. The summed E-state index contributed by atoms with van der Waals surface area (Å²) >= 11 is 0. The molecule has 100 valence electrons. The highest BCUT2D eigenvalue weighted by Gasteiger charge is 1.99. The molecule has 0 unspecified atom stereocenters. The molecule has 0 spiro atoms. The van der Waals surface area contributed by atoms with Gasteiger partial charge in [0, 0.05) is 18.8 Å². The van der Waals surface area contributed by atoms with Crippen molar-refractivity contribution in [3.63, 3.8) is 0 Å². The fraction of sp³-hybridized carbons (Fsp3) is 0.286. The first-order valence-electron chi connectivity index (χ1n) is 6.31. The number of rotatable bonds is 6. The van der Waals surface area contributed by atoms with E-state index in [1.807, 2.05) is 37.4 Å². The van der Waals surface area contributed by atoms with Gasteiger partial charge in [-0.25, -0.2) is 9.97 Å². The summed E-state index contributed by atoms with van der Waals surface area (Å²) in [6, 6.07) is 9.66. The van der Waals surface area contributed by atoms with Crippen molar-refractivity contribution in [1.29, 1.82) is 0 Å².